The largest absolute Gasteiger partial charge is 0.481 e. The van der Waals surface area contributed by atoms with Gasteiger partial charge < -0.3 is 10.0 Å². The SMILES string of the molecule is O=C(O)C1CCCN(CCc2cccnc2)C1. The first-order valence-corrected chi connectivity index (χ1v) is 6.10. The summed E-state index contributed by atoms with van der Waals surface area (Å²) in [5.41, 5.74) is 1.21. The highest BCUT2D eigenvalue weighted by molar-refractivity contribution is 5.70. The van der Waals surface area contributed by atoms with Gasteiger partial charge in [0.05, 0.1) is 5.92 Å². The summed E-state index contributed by atoms with van der Waals surface area (Å²) in [7, 11) is 0. The first-order chi connectivity index (χ1) is 8.25. The Bertz CT molecular complexity index is 367. The number of carboxylic acid groups (broad SMARTS) is 1. The summed E-state index contributed by atoms with van der Waals surface area (Å²) in [6.07, 6.45) is 6.40. The van der Waals surface area contributed by atoms with Crippen molar-refractivity contribution >= 4 is 5.97 Å². The minimum atomic E-state index is -0.656. The van der Waals surface area contributed by atoms with Crippen molar-refractivity contribution in [2.45, 2.75) is 19.3 Å². The Morgan fingerprint density at radius 3 is 3.18 bits per heavy atom. The number of pyridine rings is 1. The predicted molar refractivity (Wildman–Crippen MR) is 64.7 cm³/mol. The lowest BCUT2D eigenvalue weighted by Gasteiger charge is -2.30. The van der Waals surface area contributed by atoms with E-state index in [4.69, 9.17) is 5.11 Å². The summed E-state index contributed by atoms with van der Waals surface area (Å²) in [4.78, 5) is 17.3. The first kappa shape index (κ1) is 12.0. The second kappa shape index (κ2) is 5.77. The van der Waals surface area contributed by atoms with E-state index in [1.165, 1.54) is 5.56 Å². The molecule has 1 atom stereocenters. The second-order valence-electron chi connectivity index (χ2n) is 4.59. The molecule has 0 radical (unpaired) electrons. The molecule has 4 nitrogen and oxygen atoms in total. The molecule has 1 aromatic heterocycles. The molecule has 1 aromatic rings. The number of rotatable bonds is 4. The van der Waals surface area contributed by atoms with Gasteiger partial charge in [-0.1, -0.05) is 6.07 Å². The van der Waals surface area contributed by atoms with Gasteiger partial charge in [0.15, 0.2) is 0 Å². The van der Waals surface area contributed by atoms with Crippen molar-refractivity contribution in [2.75, 3.05) is 19.6 Å². The van der Waals surface area contributed by atoms with E-state index in [1.807, 2.05) is 12.3 Å². The highest BCUT2D eigenvalue weighted by atomic mass is 16.4. The molecule has 4 heteroatoms. The summed E-state index contributed by atoms with van der Waals surface area (Å²) in [5.74, 6) is -0.839. The van der Waals surface area contributed by atoms with Crippen molar-refractivity contribution in [3.63, 3.8) is 0 Å². The Morgan fingerprint density at radius 1 is 1.59 bits per heavy atom. The van der Waals surface area contributed by atoms with E-state index in [0.717, 1.165) is 32.4 Å². The van der Waals surface area contributed by atoms with Gasteiger partial charge in [-0.15, -0.1) is 0 Å². The Kier molecular flexibility index (Phi) is 4.09. The fourth-order valence-electron chi connectivity index (χ4n) is 2.29. The molecule has 0 aliphatic carbocycles. The lowest BCUT2D eigenvalue weighted by atomic mass is 9.98. The maximum atomic E-state index is 10.9. The third kappa shape index (κ3) is 3.53. The molecular formula is C13H18N2O2. The average Bonchev–Trinajstić information content (AvgIpc) is 2.38. The smallest absolute Gasteiger partial charge is 0.307 e. The average molecular weight is 234 g/mol. The molecule has 2 rings (SSSR count). The van der Waals surface area contributed by atoms with Gasteiger partial charge in [0, 0.05) is 25.5 Å². The van der Waals surface area contributed by atoms with Crippen LogP contribution in [0.25, 0.3) is 0 Å². The summed E-state index contributed by atoms with van der Waals surface area (Å²) in [5, 5.41) is 9.00. The Labute approximate surface area is 101 Å². The van der Waals surface area contributed by atoms with Crippen LogP contribution in [-0.4, -0.2) is 40.6 Å². The van der Waals surface area contributed by atoms with Gasteiger partial charge in [0.1, 0.15) is 0 Å². The van der Waals surface area contributed by atoms with Crippen LogP contribution < -0.4 is 0 Å². The topological polar surface area (TPSA) is 53.4 Å². The van der Waals surface area contributed by atoms with Gasteiger partial charge in [-0.25, -0.2) is 0 Å². The van der Waals surface area contributed by atoms with Crippen LogP contribution in [-0.2, 0) is 11.2 Å². The minimum absolute atomic E-state index is 0.183. The van der Waals surface area contributed by atoms with Crippen LogP contribution in [0.15, 0.2) is 24.5 Å². The summed E-state index contributed by atoms with van der Waals surface area (Å²) in [6, 6.07) is 4.00. The molecule has 0 saturated carbocycles. The molecule has 0 bridgehead atoms. The molecule has 0 amide bonds. The van der Waals surface area contributed by atoms with Crippen molar-refractivity contribution in [3.05, 3.63) is 30.1 Å². The van der Waals surface area contributed by atoms with Gasteiger partial charge in [-0.2, -0.15) is 0 Å². The van der Waals surface area contributed by atoms with Crippen LogP contribution >= 0.6 is 0 Å². The standard InChI is InChI=1S/C13H18N2O2/c16-13(17)12-4-2-7-15(10-12)8-5-11-3-1-6-14-9-11/h1,3,6,9,12H,2,4-5,7-8,10H2,(H,16,17). The van der Waals surface area contributed by atoms with E-state index in [1.54, 1.807) is 6.20 Å². The fraction of sp³-hybridized carbons (Fsp3) is 0.538. The van der Waals surface area contributed by atoms with Crippen molar-refractivity contribution in [2.24, 2.45) is 5.92 Å². The monoisotopic (exact) mass is 234 g/mol. The molecule has 1 aliphatic rings. The normalized spacial score (nSPS) is 21.3. The summed E-state index contributed by atoms with van der Waals surface area (Å²) >= 11 is 0. The van der Waals surface area contributed by atoms with E-state index in [0.29, 0.717) is 6.54 Å². The van der Waals surface area contributed by atoms with Gasteiger partial charge in [0.2, 0.25) is 0 Å². The van der Waals surface area contributed by atoms with Crippen LogP contribution in [0.4, 0.5) is 0 Å². The van der Waals surface area contributed by atoms with Crippen LogP contribution in [0.2, 0.25) is 0 Å². The molecule has 1 fully saturated rings. The quantitative estimate of drug-likeness (QED) is 0.856. The molecule has 0 aromatic carbocycles. The fourth-order valence-corrected chi connectivity index (χ4v) is 2.29. The number of carbonyl (C=O) groups is 1. The van der Waals surface area contributed by atoms with E-state index < -0.39 is 5.97 Å². The molecule has 17 heavy (non-hydrogen) atoms. The van der Waals surface area contributed by atoms with Crippen LogP contribution in [0, 0.1) is 5.92 Å². The van der Waals surface area contributed by atoms with Gasteiger partial charge in [0.25, 0.3) is 0 Å². The number of hydrogen-bond donors (Lipinski definition) is 1. The number of hydrogen-bond acceptors (Lipinski definition) is 3. The Morgan fingerprint density at radius 2 is 2.47 bits per heavy atom. The maximum Gasteiger partial charge on any atom is 0.307 e. The molecule has 1 saturated heterocycles. The third-order valence-corrected chi connectivity index (χ3v) is 3.29. The van der Waals surface area contributed by atoms with Crippen molar-refractivity contribution in [3.8, 4) is 0 Å². The first-order valence-electron chi connectivity index (χ1n) is 6.10. The van der Waals surface area contributed by atoms with Crippen LogP contribution in [0.5, 0.6) is 0 Å². The van der Waals surface area contributed by atoms with Gasteiger partial charge in [-0.3, -0.25) is 9.78 Å². The minimum Gasteiger partial charge on any atom is -0.481 e. The molecule has 1 N–H and O–H groups in total. The number of nitrogens with zero attached hydrogens (tertiary/aromatic N) is 2. The van der Waals surface area contributed by atoms with E-state index in [-0.39, 0.29) is 5.92 Å². The summed E-state index contributed by atoms with van der Waals surface area (Å²) in [6.45, 7) is 2.63. The Hall–Kier alpha value is -1.42. The zero-order chi connectivity index (χ0) is 12.1. The van der Waals surface area contributed by atoms with E-state index >= 15 is 0 Å². The van der Waals surface area contributed by atoms with Gasteiger partial charge in [-0.05, 0) is 37.4 Å². The molecule has 0 spiro atoms. The molecular weight excluding hydrogens is 216 g/mol. The van der Waals surface area contributed by atoms with Crippen LogP contribution in [0.1, 0.15) is 18.4 Å². The van der Waals surface area contributed by atoms with E-state index in [2.05, 4.69) is 16.0 Å². The van der Waals surface area contributed by atoms with Crippen molar-refractivity contribution < 1.29 is 9.90 Å². The number of likely N-dealkylation sites (tertiary alicyclic amines) is 1. The number of piperidine rings is 1. The lowest BCUT2D eigenvalue weighted by Crippen LogP contribution is -2.39. The number of carboxylic acids is 1. The maximum absolute atomic E-state index is 10.9. The zero-order valence-electron chi connectivity index (χ0n) is 9.88. The van der Waals surface area contributed by atoms with E-state index in [9.17, 15) is 4.79 Å². The highest BCUT2D eigenvalue weighted by Gasteiger charge is 2.24. The molecule has 92 valence electrons. The second-order valence-corrected chi connectivity index (χ2v) is 4.59. The Balaban J connectivity index is 1.81. The third-order valence-electron chi connectivity index (χ3n) is 3.29. The highest BCUT2D eigenvalue weighted by Crippen LogP contribution is 2.16. The number of aliphatic carboxylic acids is 1. The summed E-state index contributed by atoms with van der Waals surface area (Å²) < 4.78 is 0. The van der Waals surface area contributed by atoms with Crippen LogP contribution in [0.3, 0.4) is 0 Å². The van der Waals surface area contributed by atoms with Gasteiger partial charge >= 0.3 is 5.97 Å². The van der Waals surface area contributed by atoms with Crippen molar-refractivity contribution in [1.82, 2.24) is 9.88 Å². The molecule has 1 unspecified atom stereocenters. The number of aromatic nitrogens is 1. The van der Waals surface area contributed by atoms with Crippen molar-refractivity contribution in [1.29, 1.82) is 0 Å². The zero-order valence-corrected chi connectivity index (χ0v) is 9.88. The lowest BCUT2D eigenvalue weighted by molar-refractivity contribution is -0.143. The molecule has 2 heterocycles. The molecule has 1 aliphatic heterocycles. The predicted octanol–water partition coefficient (Wildman–Crippen LogP) is 1.42.